The van der Waals surface area contributed by atoms with E-state index in [1.807, 2.05) is 66.3 Å². The molecule has 1 heterocycles. The van der Waals surface area contributed by atoms with E-state index in [1.165, 1.54) is 0 Å². The quantitative estimate of drug-likeness (QED) is 0.525. The van der Waals surface area contributed by atoms with Crippen molar-refractivity contribution in [2.75, 3.05) is 18.1 Å². The first kappa shape index (κ1) is 20.9. The van der Waals surface area contributed by atoms with Gasteiger partial charge in [0.1, 0.15) is 12.4 Å². The first-order valence-electron chi connectivity index (χ1n) is 9.75. The minimum atomic E-state index is -0.109. The Balaban J connectivity index is 1.74. The Hall–Kier alpha value is -2.80. The van der Waals surface area contributed by atoms with Gasteiger partial charge in [0.05, 0.1) is 11.0 Å². The Morgan fingerprint density at radius 2 is 1.93 bits per heavy atom. The smallest absolute Gasteiger partial charge is 0.244 e. The molecule has 7 heteroatoms. The van der Waals surface area contributed by atoms with Crippen molar-refractivity contribution in [1.29, 1.82) is 0 Å². The van der Waals surface area contributed by atoms with Crippen LogP contribution in [-0.4, -0.2) is 34.2 Å². The van der Waals surface area contributed by atoms with Gasteiger partial charge in [-0.3, -0.25) is 9.59 Å². The van der Waals surface area contributed by atoms with E-state index in [2.05, 4.69) is 15.6 Å². The summed E-state index contributed by atoms with van der Waals surface area (Å²) < 4.78 is 1.93. The SMILES string of the molecule is CCCC(=O)NCCc1nc2ccccc2n1CC(=O)Nc1cccc(SC)c1. The van der Waals surface area contributed by atoms with Crippen LogP contribution in [-0.2, 0) is 22.6 Å². The number of carbonyl (C=O) groups is 2. The summed E-state index contributed by atoms with van der Waals surface area (Å²) in [7, 11) is 0. The minimum Gasteiger partial charge on any atom is -0.356 e. The van der Waals surface area contributed by atoms with Gasteiger partial charge in [-0.05, 0) is 43.0 Å². The van der Waals surface area contributed by atoms with Crippen molar-refractivity contribution in [2.24, 2.45) is 0 Å². The molecule has 29 heavy (non-hydrogen) atoms. The number of fused-ring (bicyclic) bond motifs is 1. The van der Waals surface area contributed by atoms with Gasteiger partial charge in [-0.1, -0.05) is 25.1 Å². The number of rotatable bonds is 9. The number of hydrogen-bond donors (Lipinski definition) is 2. The van der Waals surface area contributed by atoms with Crippen molar-refractivity contribution in [3.05, 3.63) is 54.4 Å². The monoisotopic (exact) mass is 410 g/mol. The Kier molecular flexibility index (Phi) is 7.30. The molecule has 0 aliphatic rings. The second-order valence-corrected chi connectivity index (χ2v) is 7.61. The van der Waals surface area contributed by atoms with Crippen molar-refractivity contribution >= 4 is 40.3 Å². The highest BCUT2D eigenvalue weighted by molar-refractivity contribution is 7.98. The maximum Gasteiger partial charge on any atom is 0.244 e. The molecule has 0 bridgehead atoms. The summed E-state index contributed by atoms with van der Waals surface area (Å²) in [4.78, 5) is 30.2. The maximum atomic E-state index is 12.7. The lowest BCUT2D eigenvalue weighted by molar-refractivity contribution is -0.121. The topological polar surface area (TPSA) is 76.0 Å². The normalized spacial score (nSPS) is 10.8. The van der Waals surface area contributed by atoms with Gasteiger partial charge < -0.3 is 15.2 Å². The summed E-state index contributed by atoms with van der Waals surface area (Å²) in [5, 5.41) is 5.88. The lowest BCUT2D eigenvalue weighted by Gasteiger charge is -2.11. The standard InChI is InChI=1S/C22H26N4O2S/c1-3-7-21(27)23-13-12-20-25-18-10-4-5-11-19(18)26(20)15-22(28)24-16-8-6-9-17(14-16)29-2/h4-6,8-11,14H,3,7,12-13,15H2,1-2H3,(H,23,27)(H,24,28). The summed E-state index contributed by atoms with van der Waals surface area (Å²) in [6.45, 7) is 2.65. The number of nitrogens with zero attached hydrogens (tertiary/aromatic N) is 2. The Morgan fingerprint density at radius 3 is 2.72 bits per heavy atom. The average Bonchev–Trinajstić information content (AvgIpc) is 3.05. The molecule has 0 aliphatic carbocycles. The highest BCUT2D eigenvalue weighted by Gasteiger charge is 2.14. The van der Waals surface area contributed by atoms with Gasteiger partial charge in [0.15, 0.2) is 0 Å². The lowest BCUT2D eigenvalue weighted by Crippen LogP contribution is -2.27. The Bertz CT molecular complexity index is 999. The number of amides is 2. The third-order valence-electron chi connectivity index (χ3n) is 4.54. The molecule has 0 saturated carbocycles. The molecular formula is C22H26N4O2S. The number of hydrogen-bond acceptors (Lipinski definition) is 4. The van der Waals surface area contributed by atoms with Crippen molar-refractivity contribution in [1.82, 2.24) is 14.9 Å². The zero-order valence-corrected chi connectivity index (χ0v) is 17.6. The molecule has 1 aromatic heterocycles. The molecule has 0 unspecified atom stereocenters. The van der Waals surface area contributed by atoms with Gasteiger partial charge in [0, 0.05) is 30.0 Å². The Labute approximate surface area is 175 Å². The van der Waals surface area contributed by atoms with Crippen molar-refractivity contribution in [2.45, 2.75) is 37.6 Å². The van der Waals surface area contributed by atoms with Gasteiger partial charge in [0.2, 0.25) is 11.8 Å². The number of carbonyl (C=O) groups excluding carboxylic acids is 2. The van der Waals surface area contributed by atoms with Crippen LogP contribution in [0.25, 0.3) is 11.0 Å². The fourth-order valence-electron chi connectivity index (χ4n) is 3.17. The first-order chi connectivity index (χ1) is 14.1. The predicted molar refractivity (Wildman–Crippen MR) is 118 cm³/mol. The molecule has 2 amide bonds. The number of benzene rings is 2. The number of para-hydroxylation sites is 2. The van der Waals surface area contributed by atoms with Crippen molar-refractivity contribution in [3.8, 4) is 0 Å². The number of imidazole rings is 1. The minimum absolute atomic E-state index is 0.0431. The highest BCUT2D eigenvalue weighted by atomic mass is 32.2. The van der Waals surface area contributed by atoms with E-state index in [-0.39, 0.29) is 18.4 Å². The number of thioether (sulfide) groups is 1. The third kappa shape index (κ3) is 5.60. The molecule has 3 rings (SSSR count). The first-order valence-corrected chi connectivity index (χ1v) is 11.0. The molecule has 2 N–H and O–H groups in total. The average molecular weight is 411 g/mol. The summed E-state index contributed by atoms with van der Waals surface area (Å²) >= 11 is 1.63. The van der Waals surface area contributed by atoms with Crippen LogP contribution in [0.15, 0.2) is 53.4 Å². The summed E-state index contributed by atoms with van der Waals surface area (Å²) in [6, 6.07) is 15.5. The van der Waals surface area contributed by atoms with E-state index in [9.17, 15) is 9.59 Å². The van der Waals surface area contributed by atoms with Crippen LogP contribution in [0, 0.1) is 0 Å². The summed E-state index contributed by atoms with van der Waals surface area (Å²) in [6.07, 6.45) is 3.92. The van der Waals surface area contributed by atoms with Crippen molar-refractivity contribution in [3.63, 3.8) is 0 Å². The molecular weight excluding hydrogens is 384 g/mol. The second-order valence-electron chi connectivity index (χ2n) is 6.73. The molecule has 6 nitrogen and oxygen atoms in total. The molecule has 0 spiro atoms. The van der Waals surface area contributed by atoms with Crippen LogP contribution >= 0.6 is 11.8 Å². The fraction of sp³-hybridized carbons (Fsp3) is 0.318. The molecule has 0 radical (unpaired) electrons. The second kappa shape index (κ2) is 10.1. The highest BCUT2D eigenvalue weighted by Crippen LogP contribution is 2.20. The van der Waals surface area contributed by atoms with Gasteiger partial charge in [-0.25, -0.2) is 4.98 Å². The molecule has 3 aromatic rings. The zero-order chi connectivity index (χ0) is 20.6. The lowest BCUT2D eigenvalue weighted by atomic mass is 10.3. The number of nitrogens with one attached hydrogen (secondary N) is 2. The van der Waals surface area contributed by atoms with Crippen LogP contribution in [0.2, 0.25) is 0 Å². The third-order valence-corrected chi connectivity index (χ3v) is 5.26. The van der Waals surface area contributed by atoms with Crippen molar-refractivity contribution < 1.29 is 9.59 Å². The van der Waals surface area contributed by atoms with E-state index in [4.69, 9.17) is 0 Å². The molecule has 0 saturated heterocycles. The van der Waals surface area contributed by atoms with E-state index < -0.39 is 0 Å². The number of anilines is 1. The number of aromatic nitrogens is 2. The van der Waals surface area contributed by atoms with E-state index in [0.717, 1.165) is 33.9 Å². The maximum absolute atomic E-state index is 12.7. The summed E-state index contributed by atoms with van der Waals surface area (Å²) in [5.74, 6) is 0.722. The predicted octanol–water partition coefficient (Wildman–Crippen LogP) is 3.86. The molecule has 0 aliphatic heterocycles. The van der Waals surface area contributed by atoms with Crippen LogP contribution < -0.4 is 10.6 Å². The van der Waals surface area contributed by atoms with E-state index in [0.29, 0.717) is 19.4 Å². The van der Waals surface area contributed by atoms with Gasteiger partial charge in [0.25, 0.3) is 0 Å². The molecule has 2 aromatic carbocycles. The fourth-order valence-corrected chi connectivity index (χ4v) is 3.63. The van der Waals surface area contributed by atoms with Gasteiger partial charge in [-0.2, -0.15) is 0 Å². The molecule has 0 fully saturated rings. The van der Waals surface area contributed by atoms with Gasteiger partial charge in [-0.15, -0.1) is 11.8 Å². The van der Waals surface area contributed by atoms with Crippen LogP contribution in [0.5, 0.6) is 0 Å². The van der Waals surface area contributed by atoms with Crippen LogP contribution in [0.3, 0.4) is 0 Å². The van der Waals surface area contributed by atoms with E-state index >= 15 is 0 Å². The summed E-state index contributed by atoms with van der Waals surface area (Å²) in [5.41, 5.74) is 2.54. The molecule has 152 valence electrons. The largest absolute Gasteiger partial charge is 0.356 e. The Morgan fingerprint density at radius 1 is 1.10 bits per heavy atom. The molecule has 0 atom stereocenters. The van der Waals surface area contributed by atoms with Crippen LogP contribution in [0.4, 0.5) is 5.69 Å². The van der Waals surface area contributed by atoms with Crippen LogP contribution in [0.1, 0.15) is 25.6 Å². The van der Waals surface area contributed by atoms with Gasteiger partial charge >= 0.3 is 0 Å². The van der Waals surface area contributed by atoms with E-state index in [1.54, 1.807) is 11.8 Å². The zero-order valence-electron chi connectivity index (χ0n) is 16.8.